The molecular weight excluding hydrogens is 336 g/mol. The Bertz CT molecular complexity index is 772. The number of benzene rings is 1. The zero-order chi connectivity index (χ0) is 17.8. The Morgan fingerprint density at radius 2 is 1.88 bits per heavy atom. The van der Waals surface area contributed by atoms with Crippen molar-refractivity contribution in [2.75, 3.05) is 10.6 Å². The van der Waals surface area contributed by atoms with Crippen LogP contribution in [0.4, 0.5) is 11.6 Å². The molecule has 0 spiro atoms. The number of aryl methyl sites for hydroxylation is 2. The Morgan fingerprint density at radius 1 is 1.12 bits per heavy atom. The average molecular weight is 359 g/mol. The van der Waals surface area contributed by atoms with E-state index in [-0.39, 0.29) is 5.91 Å². The van der Waals surface area contributed by atoms with Gasteiger partial charge in [0.05, 0.1) is 0 Å². The van der Waals surface area contributed by atoms with Gasteiger partial charge in [-0.15, -0.1) is 0 Å². The number of rotatable bonds is 4. The lowest BCUT2D eigenvalue weighted by molar-refractivity contribution is 0.102. The van der Waals surface area contributed by atoms with Gasteiger partial charge in [-0.3, -0.25) is 4.79 Å². The van der Waals surface area contributed by atoms with Crippen molar-refractivity contribution in [3.05, 3.63) is 46.2 Å². The quantitative estimate of drug-likeness (QED) is 0.828. The molecule has 5 nitrogen and oxygen atoms in total. The molecule has 0 saturated heterocycles. The lowest BCUT2D eigenvalue weighted by Crippen LogP contribution is -2.24. The Kier molecular flexibility index (Phi) is 5.53. The van der Waals surface area contributed by atoms with Crippen LogP contribution in [0, 0.1) is 13.8 Å². The second-order valence-corrected chi connectivity index (χ2v) is 7.05. The fourth-order valence-corrected chi connectivity index (χ4v) is 3.36. The van der Waals surface area contributed by atoms with E-state index in [0.29, 0.717) is 22.7 Å². The van der Waals surface area contributed by atoms with Gasteiger partial charge in [0, 0.05) is 22.4 Å². The van der Waals surface area contributed by atoms with Gasteiger partial charge >= 0.3 is 0 Å². The molecule has 1 heterocycles. The van der Waals surface area contributed by atoms with Crippen molar-refractivity contribution in [1.82, 2.24) is 9.97 Å². The van der Waals surface area contributed by atoms with Gasteiger partial charge in [0.2, 0.25) is 5.95 Å². The van der Waals surface area contributed by atoms with Crippen LogP contribution in [0.3, 0.4) is 0 Å². The Hall–Kier alpha value is -2.14. The first kappa shape index (κ1) is 17.7. The van der Waals surface area contributed by atoms with Crippen molar-refractivity contribution in [2.24, 2.45) is 0 Å². The maximum Gasteiger partial charge on any atom is 0.274 e. The summed E-state index contributed by atoms with van der Waals surface area (Å²) in [6, 6.07) is 7.46. The van der Waals surface area contributed by atoms with Crippen LogP contribution < -0.4 is 10.6 Å². The molecule has 1 aliphatic rings. The largest absolute Gasteiger partial charge is 0.351 e. The van der Waals surface area contributed by atoms with Gasteiger partial charge in [-0.25, -0.2) is 9.97 Å². The number of nitrogens with zero attached hydrogens (tertiary/aromatic N) is 2. The molecule has 0 radical (unpaired) electrons. The standard InChI is InChI=1S/C19H23ClN4O/c1-12-10-14(20)8-9-16(12)23-18(25)17-11-13(2)21-19(24-17)22-15-6-4-3-5-7-15/h8-11,15H,3-7H2,1-2H3,(H,23,25)(H,21,22,24). The van der Waals surface area contributed by atoms with Gasteiger partial charge in [-0.05, 0) is 56.5 Å². The Morgan fingerprint density at radius 3 is 2.60 bits per heavy atom. The van der Waals surface area contributed by atoms with E-state index in [0.717, 1.165) is 29.8 Å². The van der Waals surface area contributed by atoms with E-state index in [1.165, 1.54) is 19.3 Å². The van der Waals surface area contributed by atoms with E-state index in [1.807, 2.05) is 19.9 Å². The van der Waals surface area contributed by atoms with Crippen molar-refractivity contribution >= 4 is 29.1 Å². The van der Waals surface area contributed by atoms with Crippen LogP contribution in [-0.4, -0.2) is 21.9 Å². The van der Waals surface area contributed by atoms with Crippen LogP contribution >= 0.6 is 11.6 Å². The van der Waals surface area contributed by atoms with Crippen LogP contribution in [0.1, 0.15) is 53.8 Å². The smallest absolute Gasteiger partial charge is 0.274 e. The summed E-state index contributed by atoms with van der Waals surface area (Å²) in [7, 11) is 0. The van der Waals surface area contributed by atoms with Gasteiger partial charge in [0.1, 0.15) is 5.69 Å². The number of halogens is 1. The fourth-order valence-electron chi connectivity index (χ4n) is 3.13. The molecule has 25 heavy (non-hydrogen) atoms. The third-order valence-corrected chi connectivity index (χ3v) is 4.70. The highest BCUT2D eigenvalue weighted by atomic mass is 35.5. The van der Waals surface area contributed by atoms with Crippen molar-refractivity contribution in [2.45, 2.75) is 52.0 Å². The minimum absolute atomic E-state index is 0.248. The monoisotopic (exact) mass is 358 g/mol. The molecule has 0 atom stereocenters. The molecule has 2 N–H and O–H groups in total. The topological polar surface area (TPSA) is 66.9 Å². The molecule has 6 heteroatoms. The molecule has 1 fully saturated rings. The minimum atomic E-state index is -0.248. The van der Waals surface area contributed by atoms with E-state index in [1.54, 1.807) is 18.2 Å². The van der Waals surface area contributed by atoms with Gasteiger partial charge < -0.3 is 10.6 Å². The van der Waals surface area contributed by atoms with Crippen LogP contribution in [0.15, 0.2) is 24.3 Å². The average Bonchev–Trinajstić information content (AvgIpc) is 2.57. The highest BCUT2D eigenvalue weighted by molar-refractivity contribution is 6.30. The first-order valence-electron chi connectivity index (χ1n) is 8.71. The second-order valence-electron chi connectivity index (χ2n) is 6.61. The second kappa shape index (κ2) is 7.83. The Balaban J connectivity index is 1.75. The number of amides is 1. The molecule has 1 aromatic carbocycles. The molecule has 0 aliphatic heterocycles. The molecule has 1 aromatic heterocycles. The van der Waals surface area contributed by atoms with Crippen molar-refractivity contribution in [3.63, 3.8) is 0 Å². The lowest BCUT2D eigenvalue weighted by Gasteiger charge is -2.23. The predicted molar refractivity (Wildman–Crippen MR) is 101 cm³/mol. The third-order valence-electron chi connectivity index (χ3n) is 4.46. The number of nitrogens with one attached hydrogen (secondary N) is 2. The summed E-state index contributed by atoms with van der Waals surface area (Å²) >= 11 is 5.96. The molecular formula is C19H23ClN4O. The minimum Gasteiger partial charge on any atom is -0.351 e. The first-order valence-corrected chi connectivity index (χ1v) is 9.09. The summed E-state index contributed by atoms with van der Waals surface area (Å²) < 4.78 is 0. The zero-order valence-electron chi connectivity index (χ0n) is 14.6. The highest BCUT2D eigenvalue weighted by Crippen LogP contribution is 2.22. The lowest BCUT2D eigenvalue weighted by atomic mass is 9.96. The number of hydrogen-bond donors (Lipinski definition) is 2. The number of carbonyl (C=O) groups is 1. The van der Waals surface area contributed by atoms with Crippen LogP contribution in [0.2, 0.25) is 5.02 Å². The van der Waals surface area contributed by atoms with Crippen LogP contribution in [0.25, 0.3) is 0 Å². The highest BCUT2D eigenvalue weighted by Gasteiger charge is 2.16. The van der Waals surface area contributed by atoms with Crippen molar-refractivity contribution < 1.29 is 4.79 Å². The number of anilines is 2. The van der Waals surface area contributed by atoms with Crippen LogP contribution in [0.5, 0.6) is 0 Å². The number of aromatic nitrogens is 2. The van der Waals surface area contributed by atoms with Gasteiger partial charge in [0.15, 0.2) is 0 Å². The van der Waals surface area contributed by atoms with E-state index in [2.05, 4.69) is 20.6 Å². The molecule has 1 amide bonds. The molecule has 1 aliphatic carbocycles. The first-order chi connectivity index (χ1) is 12.0. The number of hydrogen-bond acceptors (Lipinski definition) is 4. The summed E-state index contributed by atoms with van der Waals surface area (Å²) in [5.41, 5.74) is 2.77. The molecule has 2 aromatic rings. The fraction of sp³-hybridized carbons (Fsp3) is 0.421. The summed E-state index contributed by atoms with van der Waals surface area (Å²) in [5, 5.41) is 6.92. The summed E-state index contributed by atoms with van der Waals surface area (Å²) in [6.07, 6.45) is 6.01. The summed E-state index contributed by atoms with van der Waals surface area (Å²) in [5.74, 6) is 0.285. The van der Waals surface area contributed by atoms with Gasteiger partial charge in [-0.2, -0.15) is 0 Å². The molecule has 3 rings (SSSR count). The SMILES string of the molecule is Cc1cc(C(=O)Nc2ccc(Cl)cc2C)nc(NC2CCCCC2)n1. The molecule has 132 valence electrons. The van der Waals surface area contributed by atoms with E-state index >= 15 is 0 Å². The maximum atomic E-state index is 12.6. The van der Waals surface area contributed by atoms with E-state index < -0.39 is 0 Å². The van der Waals surface area contributed by atoms with Gasteiger partial charge in [0.25, 0.3) is 5.91 Å². The van der Waals surface area contributed by atoms with Crippen molar-refractivity contribution in [1.29, 1.82) is 0 Å². The predicted octanol–water partition coefficient (Wildman–Crippen LogP) is 4.74. The maximum absolute atomic E-state index is 12.6. The molecule has 1 saturated carbocycles. The van der Waals surface area contributed by atoms with Crippen LogP contribution in [-0.2, 0) is 0 Å². The van der Waals surface area contributed by atoms with E-state index in [9.17, 15) is 4.79 Å². The third kappa shape index (κ3) is 4.69. The summed E-state index contributed by atoms with van der Waals surface area (Å²) in [6.45, 7) is 3.78. The molecule has 0 bridgehead atoms. The van der Waals surface area contributed by atoms with Gasteiger partial charge in [-0.1, -0.05) is 30.9 Å². The summed E-state index contributed by atoms with van der Waals surface area (Å²) in [4.78, 5) is 21.4. The normalized spacial score (nSPS) is 15.0. The Labute approximate surface area is 153 Å². The van der Waals surface area contributed by atoms with Crippen molar-refractivity contribution in [3.8, 4) is 0 Å². The number of carbonyl (C=O) groups excluding carboxylic acids is 1. The van der Waals surface area contributed by atoms with E-state index in [4.69, 9.17) is 11.6 Å². The molecule has 0 unspecified atom stereocenters. The zero-order valence-corrected chi connectivity index (χ0v) is 15.4.